The van der Waals surface area contributed by atoms with Crippen LogP contribution in [0.25, 0.3) is 11.0 Å². The third-order valence-corrected chi connectivity index (χ3v) is 7.55. The number of nitrogens with zero attached hydrogens (tertiary/aromatic N) is 5. The lowest BCUT2D eigenvalue weighted by atomic mass is 10.0. The van der Waals surface area contributed by atoms with Gasteiger partial charge in [-0.15, -0.1) is 0 Å². The maximum absolute atomic E-state index is 13.4. The molecule has 136 valence electrons. The normalized spacial score (nSPS) is 22.1. The highest BCUT2D eigenvalue weighted by Gasteiger charge is 2.38. The Morgan fingerprint density at radius 1 is 1.15 bits per heavy atom. The Balaban J connectivity index is 1.55. The van der Waals surface area contributed by atoms with Gasteiger partial charge < -0.3 is 0 Å². The van der Waals surface area contributed by atoms with Crippen molar-refractivity contribution in [2.24, 2.45) is 0 Å². The first kappa shape index (κ1) is 16.3. The lowest BCUT2D eigenvalue weighted by molar-refractivity contribution is 0.247. The van der Waals surface area contributed by atoms with E-state index in [0.29, 0.717) is 29.3 Å². The van der Waals surface area contributed by atoms with Crippen molar-refractivity contribution in [2.75, 3.05) is 6.54 Å². The zero-order valence-corrected chi connectivity index (χ0v) is 15.6. The Kier molecular flexibility index (Phi) is 3.80. The lowest BCUT2D eigenvalue weighted by Crippen LogP contribution is -2.39. The van der Waals surface area contributed by atoms with Crippen LogP contribution in [0, 0.1) is 0 Å². The summed E-state index contributed by atoms with van der Waals surface area (Å²) >= 11 is 1.03. The van der Waals surface area contributed by atoms with Crippen molar-refractivity contribution in [3.8, 4) is 0 Å². The van der Waals surface area contributed by atoms with Crippen molar-refractivity contribution in [2.45, 2.75) is 49.0 Å². The SMILES string of the molecule is O=S(=O)(c1cccc2nsnc12)N1CCCCC1c1nc(C2CC2)n[nH]1. The van der Waals surface area contributed by atoms with Gasteiger partial charge in [-0.2, -0.15) is 18.2 Å². The molecule has 8 nitrogen and oxygen atoms in total. The molecular weight excluding hydrogens is 372 g/mol. The van der Waals surface area contributed by atoms with E-state index >= 15 is 0 Å². The van der Waals surface area contributed by atoms with Crippen LogP contribution < -0.4 is 0 Å². The summed E-state index contributed by atoms with van der Waals surface area (Å²) in [6, 6.07) is 4.80. The van der Waals surface area contributed by atoms with Crippen LogP contribution in [0.3, 0.4) is 0 Å². The fourth-order valence-corrected chi connectivity index (χ4v) is 5.96. The number of H-pyrrole nitrogens is 1. The highest BCUT2D eigenvalue weighted by atomic mass is 32.2. The van der Waals surface area contributed by atoms with Crippen LogP contribution in [-0.4, -0.2) is 43.2 Å². The first-order valence-corrected chi connectivity index (χ1v) is 11.0. The lowest BCUT2D eigenvalue weighted by Gasteiger charge is -2.33. The van der Waals surface area contributed by atoms with Gasteiger partial charge in [0.15, 0.2) is 5.82 Å². The zero-order chi connectivity index (χ0) is 17.7. The largest absolute Gasteiger partial charge is 0.262 e. The van der Waals surface area contributed by atoms with Crippen molar-refractivity contribution in [1.82, 2.24) is 28.2 Å². The Bertz CT molecular complexity index is 1060. The van der Waals surface area contributed by atoms with E-state index in [0.717, 1.165) is 49.7 Å². The van der Waals surface area contributed by atoms with E-state index in [-0.39, 0.29) is 10.9 Å². The van der Waals surface area contributed by atoms with Crippen molar-refractivity contribution in [3.05, 3.63) is 29.8 Å². The number of hydrogen-bond donors (Lipinski definition) is 1. The molecule has 0 spiro atoms. The number of aromatic amines is 1. The zero-order valence-electron chi connectivity index (χ0n) is 14.0. The number of nitrogens with one attached hydrogen (secondary N) is 1. The molecule has 26 heavy (non-hydrogen) atoms. The Labute approximate surface area is 155 Å². The van der Waals surface area contributed by atoms with Gasteiger partial charge in [-0.3, -0.25) is 5.10 Å². The molecule has 1 saturated heterocycles. The number of hydrogen-bond acceptors (Lipinski definition) is 7. The van der Waals surface area contributed by atoms with E-state index in [1.54, 1.807) is 22.5 Å². The third kappa shape index (κ3) is 2.63. The van der Waals surface area contributed by atoms with Gasteiger partial charge in [0.1, 0.15) is 21.8 Å². The number of sulfonamides is 1. The summed E-state index contributed by atoms with van der Waals surface area (Å²) in [5, 5.41) is 7.30. The summed E-state index contributed by atoms with van der Waals surface area (Å²) in [5.74, 6) is 1.90. The van der Waals surface area contributed by atoms with Crippen LogP contribution in [0.5, 0.6) is 0 Å². The molecule has 2 aromatic heterocycles. The first-order chi connectivity index (χ1) is 12.6. The molecule has 0 bridgehead atoms. The minimum Gasteiger partial charge on any atom is -0.262 e. The quantitative estimate of drug-likeness (QED) is 0.734. The van der Waals surface area contributed by atoms with Crippen molar-refractivity contribution in [1.29, 1.82) is 0 Å². The molecule has 1 aliphatic carbocycles. The van der Waals surface area contributed by atoms with Gasteiger partial charge in [0, 0.05) is 12.5 Å². The van der Waals surface area contributed by atoms with Gasteiger partial charge in [0.2, 0.25) is 10.0 Å². The van der Waals surface area contributed by atoms with E-state index in [9.17, 15) is 8.42 Å². The fraction of sp³-hybridized carbons (Fsp3) is 0.500. The average Bonchev–Trinajstić information content (AvgIpc) is 3.20. The van der Waals surface area contributed by atoms with E-state index in [1.165, 1.54) is 0 Å². The predicted molar refractivity (Wildman–Crippen MR) is 96.3 cm³/mol. The predicted octanol–water partition coefficient (Wildman–Crippen LogP) is 2.60. The molecule has 1 aromatic carbocycles. The van der Waals surface area contributed by atoms with Crippen LogP contribution in [0.1, 0.15) is 55.7 Å². The van der Waals surface area contributed by atoms with Crippen molar-refractivity contribution in [3.63, 3.8) is 0 Å². The van der Waals surface area contributed by atoms with Crippen LogP contribution >= 0.6 is 11.7 Å². The Morgan fingerprint density at radius 2 is 2.04 bits per heavy atom. The molecule has 1 unspecified atom stereocenters. The molecule has 3 aromatic rings. The molecule has 3 heterocycles. The van der Waals surface area contributed by atoms with Gasteiger partial charge >= 0.3 is 0 Å². The van der Waals surface area contributed by atoms with Crippen LogP contribution in [0.2, 0.25) is 0 Å². The monoisotopic (exact) mass is 390 g/mol. The average molecular weight is 390 g/mol. The minimum atomic E-state index is -3.70. The topological polar surface area (TPSA) is 105 Å². The second kappa shape index (κ2) is 6.07. The van der Waals surface area contributed by atoms with Gasteiger partial charge in [-0.1, -0.05) is 12.5 Å². The molecule has 1 aliphatic heterocycles. The molecule has 10 heteroatoms. The van der Waals surface area contributed by atoms with Gasteiger partial charge in [0.25, 0.3) is 0 Å². The summed E-state index contributed by atoms with van der Waals surface area (Å²) in [6.45, 7) is 0.473. The number of benzene rings is 1. The molecule has 0 amide bonds. The van der Waals surface area contributed by atoms with Crippen LogP contribution in [0.4, 0.5) is 0 Å². The van der Waals surface area contributed by atoms with E-state index in [2.05, 4.69) is 23.9 Å². The maximum Gasteiger partial charge on any atom is 0.246 e. The summed E-state index contributed by atoms with van der Waals surface area (Å²) < 4.78 is 36.8. The van der Waals surface area contributed by atoms with Crippen LogP contribution in [0.15, 0.2) is 23.1 Å². The van der Waals surface area contributed by atoms with Gasteiger partial charge in [-0.05, 0) is 37.8 Å². The summed E-state index contributed by atoms with van der Waals surface area (Å²) in [5.41, 5.74) is 1.05. The number of piperidine rings is 1. The Hall–Kier alpha value is -1.91. The second-order valence-electron chi connectivity index (χ2n) is 6.87. The number of fused-ring (bicyclic) bond motifs is 1. The molecule has 0 radical (unpaired) electrons. The molecule has 1 N–H and O–H groups in total. The van der Waals surface area contributed by atoms with E-state index in [1.807, 2.05) is 0 Å². The second-order valence-corrected chi connectivity index (χ2v) is 9.26. The minimum absolute atomic E-state index is 0.220. The molecule has 2 fully saturated rings. The van der Waals surface area contributed by atoms with Crippen LogP contribution in [-0.2, 0) is 10.0 Å². The number of rotatable bonds is 4. The smallest absolute Gasteiger partial charge is 0.246 e. The van der Waals surface area contributed by atoms with Gasteiger partial charge in [-0.25, -0.2) is 13.4 Å². The standard InChI is InChI=1S/C16H18N6O2S2/c23-26(24,13-6-3-4-11-14(13)21-25-20-11)22-9-2-1-5-12(22)16-17-15(18-19-16)10-7-8-10/h3-4,6,10,12H,1-2,5,7-9H2,(H,17,18,19). The van der Waals surface area contributed by atoms with Crippen molar-refractivity contribution >= 4 is 32.8 Å². The van der Waals surface area contributed by atoms with E-state index in [4.69, 9.17) is 0 Å². The Morgan fingerprint density at radius 3 is 2.88 bits per heavy atom. The molecule has 2 aliphatic rings. The molecule has 1 saturated carbocycles. The fourth-order valence-electron chi connectivity index (χ4n) is 3.54. The molecule has 5 rings (SSSR count). The third-order valence-electron chi connectivity index (χ3n) is 5.07. The highest BCUT2D eigenvalue weighted by molar-refractivity contribution is 7.89. The summed E-state index contributed by atoms with van der Waals surface area (Å²) in [4.78, 5) is 4.83. The summed E-state index contributed by atoms with van der Waals surface area (Å²) in [6.07, 6.45) is 4.78. The highest BCUT2D eigenvalue weighted by Crippen LogP contribution is 2.40. The first-order valence-electron chi connectivity index (χ1n) is 8.80. The number of aromatic nitrogens is 5. The summed E-state index contributed by atoms with van der Waals surface area (Å²) in [7, 11) is -3.70. The van der Waals surface area contributed by atoms with E-state index < -0.39 is 10.0 Å². The molecular formula is C16H18N6O2S2. The maximum atomic E-state index is 13.4. The van der Waals surface area contributed by atoms with Gasteiger partial charge in [0.05, 0.1) is 17.8 Å². The van der Waals surface area contributed by atoms with Crippen molar-refractivity contribution < 1.29 is 8.42 Å². The molecule has 1 atom stereocenters.